The van der Waals surface area contributed by atoms with Gasteiger partial charge in [0, 0.05) is 31.6 Å². The molecule has 1 saturated carbocycles. The molecule has 1 aromatic heterocycles. The van der Waals surface area contributed by atoms with Crippen LogP contribution < -0.4 is 4.74 Å². The van der Waals surface area contributed by atoms with Gasteiger partial charge in [-0.2, -0.15) is 5.10 Å². The number of thiophene rings is 1. The van der Waals surface area contributed by atoms with E-state index in [2.05, 4.69) is 0 Å². The fourth-order valence-corrected chi connectivity index (χ4v) is 4.53. The first-order valence-electron chi connectivity index (χ1n) is 10.5. The molecular formula is C23H27N3O4S. The van der Waals surface area contributed by atoms with Crippen molar-refractivity contribution in [2.75, 3.05) is 33.9 Å². The van der Waals surface area contributed by atoms with Crippen molar-refractivity contribution in [3.8, 4) is 5.75 Å². The number of benzene rings is 1. The van der Waals surface area contributed by atoms with Crippen LogP contribution in [0.15, 0.2) is 46.9 Å². The second-order valence-corrected chi connectivity index (χ2v) is 8.70. The van der Waals surface area contributed by atoms with Crippen LogP contribution in [-0.2, 0) is 14.3 Å². The molecule has 0 unspecified atom stereocenters. The average molecular weight is 442 g/mol. The average Bonchev–Trinajstić information content (AvgIpc) is 3.31. The smallest absolute Gasteiger partial charge is 0.262 e. The Kier molecular flexibility index (Phi) is 6.67. The van der Waals surface area contributed by atoms with E-state index >= 15 is 0 Å². The molecule has 1 aliphatic carbocycles. The second-order valence-electron chi connectivity index (χ2n) is 7.75. The molecule has 0 bridgehead atoms. The first-order valence-corrected chi connectivity index (χ1v) is 11.3. The number of ether oxygens (including phenoxy) is 2. The number of carbonyl (C=O) groups is 2. The van der Waals surface area contributed by atoms with Crippen molar-refractivity contribution in [3.63, 3.8) is 0 Å². The largest absolute Gasteiger partial charge is 0.496 e. The monoisotopic (exact) mass is 441 g/mol. The van der Waals surface area contributed by atoms with Crippen LogP contribution in [0.3, 0.4) is 0 Å². The molecule has 164 valence electrons. The summed E-state index contributed by atoms with van der Waals surface area (Å²) >= 11 is 1.60. The third kappa shape index (κ3) is 4.80. The van der Waals surface area contributed by atoms with E-state index < -0.39 is 0 Å². The Morgan fingerprint density at radius 2 is 2.00 bits per heavy atom. The molecule has 0 spiro atoms. The van der Waals surface area contributed by atoms with Crippen LogP contribution in [0.1, 0.15) is 35.7 Å². The summed E-state index contributed by atoms with van der Waals surface area (Å²) in [5.41, 5.74) is 1.78. The van der Waals surface area contributed by atoms with Crippen molar-refractivity contribution in [2.45, 2.75) is 25.3 Å². The summed E-state index contributed by atoms with van der Waals surface area (Å²) in [7, 11) is 3.22. The molecule has 1 aliphatic heterocycles. The summed E-state index contributed by atoms with van der Waals surface area (Å²) in [5.74, 6) is 0.588. The maximum Gasteiger partial charge on any atom is 0.262 e. The van der Waals surface area contributed by atoms with Crippen molar-refractivity contribution < 1.29 is 19.1 Å². The molecule has 8 heteroatoms. The molecule has 1 fully saturated rings. The highest BCUT2D eigenvalue weighted by molar-refractivity contribution is 7.12. The number of nitrogens with zero attached hydrogens (tertiary/aromatic N) is 3. The molecule has 2 aromatic rings. The van der Waals surface area contributed by atoms with Gasteiger partial charge in [-0.25, -0.2) is 5.01 Å². The summed E-state index contributed by atoms with van der Waals surface area (Å²) in [5, 5.41) is 8.24. The second kappa shape index (κ2) is 9.62. The lowest BCUT2D eigenvalue weighted by atomic mass is 10.00. The lowest BCUT2D eigenvalue weighted by molar-refractivity contribution is -0.142. The minimum absolute atomic E-state index is 0.00837. The molecule has 31 heavy (non-hydrogen) atoms. The number of hydrogen-bond donors (Lipinski definition) is 0. The minimum Gasteiger partial charge on any atom is -0.496 e. The van der Waals surface area contributed by atoms with Crippen molar-refractivity contribution in [2.24, 2.45) is 11.0 Å². The molecular weight excluding hydrogens is 414 g/mol. The Balaban J connectivity index is 1.60. The number of methoxy groups -OCH3 is 2. The lowest BCUT2D eigenvalue weighted by Crippen LogP contribution is -2.43. The molecule has 1 aromatic carbocycles. The molecule has 2 aliphatic rings. The Labute approximate surface area is 186 Å². The van der Waals surface area contributed by atoms with Crippen LogP contribution in [0, 0.1) is 5.92 Å². The zero-order chi connectivity index (χ0) is 21.8. The number of hydrogen-bond acceptors (Lipinski definition) is 6. The maximum absolute atomic E-state index is 13.4. The number of amides is 2. The van der Waals surface area contributed by atoms with E-state index in [0.29, 0.717) is 19.6 Å². The topological polar surface area (TPSA) is 71.4 Å². The summed E-state index contributed by atoms with van der Waals surface area (Å²) < 4.78 is 10.7. The minimum atomic E-state index is -0.277. The van der Waals surface area contributed by atoms with Gasteiger partial charge in [-0.15, -0.1) is 11.3 Å². The van der Waals surface area contributed by atoms with Crippen LogP contribution >= 0.6 is 11.3 Å². The van der Waals surface area contributed by atoms with Gasteiger partial charge in [0.25, 0.3) is 5.91 Å². The van der Waals surface area contributed by atoms with E-state index in [4.69, 9.17) is 14.6 Å². The number of hydrazone groups is 1. The SMILES string of the molecule is COCCN(CC(=O)N1N=C(c2cccs2)C[C@@H]1c1ccccc1OC)C(=O)C1CC1. The van der Waals surface area contributed by atoms with E-state index in [1.165, 1.54) is 5.01 Å². The van der Waals surface area contributed by atoms with Crippen molar-refractivity contribution >= 4 is 28.9 Å². The third-order valence-corrected chi connectivity index (χ3v) is 6.52. The normalized spacial score (nSPS) is 18.1. The molecule has 0 N–H and O–H groups in total. The summed E-state index contributed by atoms with van der Waals surface area (Å²) in [6.45, 7) is 0.781. The van der Waals surface area contributed by atoms with Crippen molar-refractivity contribution in [3.05, 3.63) is 52.2 Å². The quantitative estimate of drug-likeness (QED) is 0.599. The van der Waals surface area contributed by atoms with Gasteiger partial charge < -0.3 is 14.4 Å². The van der Waals surface area contributed by atoms with Crippen LogP contribution in [0.4, 0.5) is 0 Å². The van der Waals surface area contributed by atoms with Gasteiger partial charge in [0.1, 0.15) is 12.3 Å². The van der Waals surface area contributed by atoms with Crippen molar-refractivity contribution in [1.82, 2.24) is 9.91 Å². The summed E-state index contributed by atoms with van der Waals surface area (Å²) in [4.78, 5) is 28.8. The Hall–Kier alpha value is -2.71. The highest BCUT2D eigenvalue weighted by Crippen LogP contribution is 2.38. The maximum atomic E-state index is 13.4. The van der Waals surface area contributed by atoms with Crippen LogP contribution in [0.5, 0.6) is 5.75 Å². The van der Waals surface area contributed by atoms with E-state index in [0.717, 1.165) is 34.7 Å². The lowest BCUT2D eigenvalue weighted by Gasteiger charge is -2.27. The number of rotatable bonds is 9. The standard InChI is InChI=1S/C23H27N3O4S/c1-29-12-11-25(23(28)16-9-10-16)15-22(27)26-19(17-6-3-4-7-20(17)30-2)14-18(24-26)21-8-5-13-31-21/h3-8,13,16,19H,9-12,14-15H2,1-2H3/t19-/m1/s1. The molecule has 2 amide bonds. The van der Waals surface area contributed by atoms with Gasteiger partial charge in [0.2, 0.25) is 5.91 Å². The third-order valence-electron chi connectivity index (χ3n) is 5.60. The van der Waals surface area contributed by atoms with Gasteiger partial charge >= 0.3 is 0 Å². The van der Waals surface area contributed by atoms with Gasteiger partial charge in [-0.3, -0.25) is 9.59 Å². The van der Waals surface area contributed by atoms with Crippen LogP contribution in [-0.4, -0.2) is 61.4 Å². The van der Waals surface area contributed by atoms with Gasteiger partial charge in [-0.05, 0) is 30.4 Å². The fraction of sp³-hybridized carbons (Fsp3) is 0.435. The number of para-hydroxylation sites is 1. The first-order chi connectivity index (χ1) is 15.1. The van der Waals surface area contributed by atoms with Crippen LogP contribution in [0.25, 0.3) is 0 Å². The number of carbonyl (C=O) groups excluding carboxylic acids is 2. The predicted molar refractivity (Wildman–Crippen MR) is 119 cm³/mol. The molecule has 2 heterocycles. The molecule has 7 nitrogen and oxygen atoms in total. The molecule has 0 saturated heterocycles. The Bertz CT molecular complexity index is 955. The van der Waals surface area contributed by atoms with Gasteiger partial charge in [-0.1, -0.05) is 24.3 Å². The Morgan fingerprint density at radius 1 is 1.19 bits per heavy atom. The Morgan fingerprint density at radius 3 is 2.68 bits per heavy atom. The van der Waals surface area contributed by atoms with Crippen LogP contribution in [0.2, 0.25) is 0 Å². The fourth-order valence-electron chi connectivity index (χ4n) is 3.81. The summed E-state index contributed by atoms with van der Waals surface area (Å²) in [6.07, 6.45) is 2.39. The van der Waals surface area contributed by atoms with Crippen molar-refractivity contribution in [1.29, 1.82) is 0 Å². The molecule has 4 rings (SSSR count). The zero-order valence-corrected chi connectivity index (χ0v) is 18.6. The van der Waals surface area contributed by atoms with E-state index in [1.54, 1.807) is 30.5 Å². The van der Waals surface area contributed by atoms with E-state index in [1.807, 2.05) is 41.8 Å². The predicted octanol–water partition coefficient (Wildman–Crippen LogP) is 3.32. The van der Waals surface area contributed by atoms with E-state index in [-0.39, 0.29) is 30.3 Å². The van der Waals surface area contributed by atoms with E-state index in [9.17, 15) is 9.59 Å². The molecule has 1 atom stereocenters. The highest BCUT2D eigenvalue weighted by atomic mass is 32.1. The first kappa shape index (κ1) is 21.5. The molecule has 0 radical (unpaired) electrons. The zero-order valence-electron chi connectivity index (χ0n) is 17.8. The highest BCUT2D eigenvalue weighted by Gasteiger charge is 2.38. The van der Waals surface area contributed by atoms with Gasteiger partial charge in [0.15, 0.2) is 0 Å². The summed E-state index contributed by atoms with van der Waals surface area (Å²) in [6, 6.07) is 11.4. The van der Waals surface area contributed by atoms with Gasteiger partial charge in [0.05, 0.1) is 30.3 Å².